The predicted octanol–water partition coefficient (Wildman–Crippen LogP) is 2.93. The lowest BCUT2D eigenvalue weighted by atomic mass is 10.1. The third-order valence-corrected chi connectivity index (χ3v) is 4.59. The molecule has 0 spiro atoms. The van der Waals surface area contributed by atoms with Gasteiger partial charge in [-0.1, -0.05) is 46.6 Å². The van der Waals surface area contributed by atoms with Crippen LogP contribution in [0.4, 0.5) is 0 Å². The Balaban J connectivity index is 1.38. The maximum absolute atomic E-state index is 12.1. The van der Waals surface area contributed by atoms with Gasteiger partial charge in [0.05, 0.1) is 0 Å². The van der Waals surface area contributed by atoms with Crippen LogP contribution in [0.15, 0.2) is 47.0 Å². The Morgan fingerprint density at radius 2 is 1.80 bits per heavy atom. The zero-order valence-electron chi connectivity index (χ0n) is 16.6. The minimum atomic E-state index is -0.511. The number of benzene rings is 2. The summed E-state index contributed by atoms with van der Waals surface area (Å²) in [7, 11) is 0. The Bertz CT molecular complexity index is 1030. The summed E-state index contributed by atoms with van der Waals surface area (Å²) in [4.78, 5) is 28.0. The van der Waals surface area contributed by atoms with Crippen LogP contribution in [0, 0.1) is 13.8 Å². The number of hydrogen-bond acceptors (Lipinski definition) is 6. The van der Waals surface area contributed by atoms with E-state index in [9.17, 15) is 9.59 Å². The normalized spacial score (nSPS) is 10.5. The van der Waals surface area contributed by atoms with Crippen LogP contribution >= 0.6 is 11.6 Å². The summed E-state index contributed by atoms with van der Waals surface area (Å²) >= 11 is 5.95. The summed E-state index contributed by atoms with van der Waals surface area (Å²) in [6.07, 6.45) is 0. The second-order valence-corrected chi connectivity index (χ2v) is 7.00. The quantitative estimate of drug-likeness (QED) is 0.534. The second-order valence-electron chi connectivity index (χ2n) is 6.59. The van der Waals surface area contributed by atoms with Crippen LogP contribution in [0.3, 0.4) is 0 Å². The van der Waals surface area contributed by atoms with Gasteiger partial charge in [0.25, 0.3) is 5.91 Å². The summed E-state index contributed by atoms with van der Waals surface area (Å²) in [6, 6.07) is 12.7. The number of nitrogens with one attached hydrogen (secondary N) is 2. The number of hydrogen-bond donors (Lipinski definition) is 2. The number of halogens is 1. The van der Waals surface area contributed by atoms with Gasteiger partial charge in [-0.05, 0) is 37.6 Å². The monoisotopic (exact) mass is 428 g/mol. The summed E-state index contributed by atoms with van der Waals surface area (Å²) in [5.74, 6) is -0.0678. The second kappa shape index (κ2) is 9.89. The van der Waals surface area contributed by atoms with Crippen molar-refractivity contribution < 1.29 is 18.8 Å². The van der Waals surface area contributed by atoms with Crippen LogP contribution in [0.2, 0.25) is 5.02 Å². The average molecular weight is 429 g/mol. The third kappa shape index (κ3) is 5.81. The molecule has 0 unspecified atom stereocenters. The van der Waals surface area contributed by atoms with E-state index in [2.05, 4.69) is 20.8 Å². The van der Waals surface area contributed by atoms with Crippen molar-refractivity contribution in [2.24, 2.45) is 0 Å². The first-order chi connectivity index (χ1) is 14.4. The van der Waals surface area contributed by atoms with E-state index in [0.29, 0.717) is 16.6 Å². The van der Waals surface area contributed by atoms with E-state index in [1.807, 2.05) is 38.1 Å². The van der Waals surface area contributed by atoms with Crippen molar-refractivity contribution in [1.82, 2.24) is 20.8 Å². The highest BCUT2D eigenvalue weighted by Crippen LogP contribution is 2.21. The Hall–Kier alpha value is -3.39. The van der Waals surface area contributed by atoms with Crippen molar-refractivity contribution in [1.29, 1.82) is 0 Å². The number of amides is 2. The van der Waals surface area contributed by atoms with Gasteiger partial charge in [-0.2, -0.15) is 4.98 Å². The number of carbonyl (C=O) groups is 2. The highest BCUT2D eigenvalue weighted by molar-refractivity contribution is 6.31. The summed E-state index contributed by atoms with van der Waals surface area (Å²) in [5.41, 5.74) is 2.73. The topological polar surface area (TPSA) is 106 Å². The molecule has 1 heterocycles. The van der Waals surface area contributed by atoms with E-state index >= 15 is 0 Å². The summed E-state index contributed by atoms with van der Waals surface area (Å²) < 4.78 is 10.4. The van der Waals surface area contributed by atoms with Crippen LogP contribution in [-0.2, 0) is 4.79 Å². The molecule has 0 aliphatic rings. The van der Waals surface area contributed by atoms with Crippen LogP contribution in [0.5, 0.6) is 5.75 Å². The zero-order valence-corrected chi connectivity index (χ0v) is 17.3. The van der Waals surface area contributed by atoms with Gasteiger partial charge in [-0.15, -0.1) is 0 Å². The van der Waals surface area contributed by atoms with Gasteiger partial charge in [-0.25, -0.2) is 0 Å². The molecule has 1 aromatic heterocycles. The van der Waals surface area contributed by atoms with E-state index in [-0.39, 0.29) is 31.5 Å². The smallest absolute Gasteiger partial charge is 0.316 e. The van der Waals surface area contributed by atoms with E-state index < -0.39 is 5.91 Å². The van der Waals surface area contributed by atoms with E-state index in [1.54, 1.807) is 18.2 Å². The molecule has 0 aliphatic carbocycles. The molecule has 0 fully saturated rings. The first-order valence-corrected chi connectivity index (χ1v) is 9.65. The molecule has 9 heteroatoms. The van der Waals surface area contributed by atoms with Gasteiger partial charge in [-0.3, -0.25) is 9.59 Å². The molecule has 0 saturated heterocycles. The number of carbonyl (C=O) groups excluding carboxylic acids is 2. The van der Waals surface area contributed by atoms with Crippen LogP contribution in [0.1, 0.15) is 21.8 Å². The maximum atomic E-state index is 12.1. The molecule has 0 radical (unpaired) electrons. The van der Waals surface area contributed by atoms with E-state index in [4.69, 9.17) is 20.9 Å². The van der Waals surface area contributed by atoms with Gasteiger partial charge >= 0.3 is 11.8 Å². The number of ether oxygens (including phenoxy) is 1. The van der Waals surface area contributed by atoms with E-state index in [0.717, 1.165) is 16.7 Å². The van der Waals surface area contributed by atoms with Crippen molar-refractivity contribution in [2.45, 2.75) is 13.8 Å². The number of aromatic nitrogens is 2. The maximum Gasteiger partial charge on any atom is 0.316 e. The third-order valence-electron chi connectivity index (χ3n) is 4.16. The molecule has 8 nitrogen and oxygen atoms in total. The minimum Gasteiger partial charge on any atom is -0.484 e. The zero-order chi connectivity index (χ0) is 21.5. The molecule has 0 aliphatic heterocycles. The Morgan fingerprint density at radius 1 is 1.07 bits per heavy atom. The highest BCUT2D eigenvalue weighted by atomic mass is 35.5. The average Bonchev–Trinajstić information content (AvgIpc) is 3.23. The van der Waals surface area contributed by atoms with Gasteiger partial charge < -0.3 is 19.9 Å². The fourth-order valence-electron chi connectivity index (χ4n) is 2.50. The number of nitrogens with zero attached hydrogens (tertiary/aromatic N) is 2. The van der Waals surface area contributed by atoms with Crippen molar-refractivity contribution >= 4 is 23.4 Å². The van der Waals surface area contributed by atoms with E-state index in [1.165, 1.54) is 0 Å². The summed E-state index contributed by atoms with van der Waals surface area (Å²) in [5, 5.41) is 9.71. The van der Waals surface area contributed by atoms with Crippen molar-refractivity contribution in [3.8, 4) is 17.1 Å². The summed E-state index contributed by atoms with van der Waals surface area (Å²) in [6.45, 7) is 4.12. The SMILES string of the molecule is Cc1ccc(-c2noc(C(=O)NCCNC(=O)COc3ccc(Cl)c(C)c3)n2)cc1. The predicted molar refractivity (Wildman–Crippen MR) is 111 cm³/mol. The Kier molecular flexibility index (Phi) is 7.03. The standard InChI is InChI=1S/C21H21ClN4O4/c1-13-3-5-15(6-4-13)19-25-21(30-26-19)20(28)24-10-9-23-18(27)12-29-16-7-8-17(22)14(2)11-16/h3-8,11H,9-10,12H2,1-2H3,(H,23,27)(H,24,28). The van der Waals surface area contributed by atoms with Crippen LogP contribution in [-0.4, -0.2) is 41.7 Å². The lowest BCUT2D eigenvalue weighted by molar-refractivity contribution is -0.123. The van der Waals surface area contributed by atoms with Crippen LogP contribution in [0.25, 0.3) is 11.4 Å². The first kappa shape index (κ1) is 21.3. The molecule has 3 aromatic rings. The Labute approximate surface area is 178 Å². The molecule has 2 N–H and O–H groups in total. The van der Waals surface area contributed by atoms with Crippen LogP contribution < -0.4 is 15.4 Å². The number of aryl methyl sites for hydroxylation is 2. The molecule has 3 rings (SSSR count). The molecular formula is C21H21ClN4O4. The first-order valence-electron chi connectivity index (χ1n) is 9.27. The van der Waals surface area contributed by atoms with Gasteiger partial charge in [0.2, 0.25) is 5.82 Å². The largest absolute Gasteiger partial charge is 0.484 e. The fraction of sp³-hybridized carbons (Fsp3) is 0.238. The molecule has 156 valence electrons. The van der Waals surface area contributed by atoms with Crippen molar-refractivity contribution in [3.05, 3.63) is 64.5 Å². The van der Waals surface area contributed by atoms with Crippen molar-refractivity contribution in [3.63, 3.8) is 0 Å². The molecular weight excluding hydrogens is 408 g/mol. The molecule has 2 amide bonds. The molecule has 0 saturated carbocycles. The van der Waals surface area contributed by atoms with Gasteiger partial charge in [0, 0.05) is 23.7 Å². The molecule has 0 bridgehead atoms. The van der Waals surface area contributed by atoms with Gasteiger partial charge in [0.1, 0.15) is 5.75 Å². The van der Waals surface area contributed by atoms with Crippen molar-refractivity contribution in [2.75, 3.05) is 19.7 Å². The lowest BCUT2D eigenvalue weighted by Crippen LogP contribution is -2.36. The Morgan fingerprint density at radius 3 is 2.53 bits per heavy atom. The minimum absolute atomic E-state index is 0.140. The lowest BCUT2D eigenvalue weighted by Gasteiger charge is -2.08. The number of rotatable bonds is 8. The fourth-order valence-corrected chi connectivity index (χ4v) is 2.61. The highest BCUT2D eigenvalue weighted by Gasteiger charge is 2.15. The molecule has 0 atom stereocenters. The van der Waals surface area contributed by atoms with Gasteiger partial charge in [0.15, 0.2) is 6.61 Å². The molecule has 2 aromatic carbocycles. The molecule has 30 heavy (non-hydrogen) atoms.